The molecule has 0 bridgehead atoms. The molecule has 212 valence electrons. The maximum atomic E-state index is 12.2. The highest BCUT2D eigenvalue weighted by atomic mass is 35.5. The van der Waals surface area contributed by atoms with Crippen molar-refractivity contribution in [1.29, 1.82) is 0 Å². The van der Waals surface area contributed by atoms with Gasteiger partial charge in [-0.25, -0.2) is 5.43 Å². The van der Waals surface area contributed by atoms with E-state index >= 15 is 0 Å². The first-order valence-corrected chi connectivity index (χ1v) is 13.8. The Morgan fingerprint density at radius 3 is 2.10 bits per heavy atom. The fourth-order valence-corrected chi connectivity index (χ4v) is 4.26. The summed E-state index contributed by atoms with van der Waals surface area (Å²) in [4.78, 5) is 12.2. The maximum absolute atomic E-state index is 12.2. The van der Waals surface area contributed by atoms with Crippen molar-refractivity contribution in [2.75, 3.05) is 13.2 Å². The number of hydrogen-bond acceptors (Lipinski definition) is 6. The number of hydrogen-bond donors (Lipinski definition) is 1. The third kappa shape index (κ3) is 9.01. The van der Waals surface area contributed by atoms with Crippen molar-refractivity contribution >= 4 is 23.7 Å². The van der Waals surface area contributed by atoms with Crippen molar-refractivity contribution < 1.29 is 23.7 Å². The van der Waals surface area contributed by atoms with Gasteiger partial charge in [0.05, 0.1) is 30.9 Å². The number of amides is 1. The van der Waals surface area contributed by atoms with Gasteiger partial charge < -0.3 is 18.9 Å². The topological polar surface area (TPSA) is 78.4 Å². The Bertz CT molecular complexity index is 1450. The summed E-state index contributed by atoms with van der Waals surface area (Å²) in [5, 5.41) is 4.43. The molecule has 4 aromatic carbocycles. The third-order valence-corrected chi connectivity index (χ3v) is 6.15. The normalized spacial score (nSPS) is 10.8. The van der Waals surface area contributed by atoms with E-state index in [2.05, 4.69) is 10.5 Å². The maximum Gasteiger partial charge on any atom is 0.244 e. The fraction of sp³-hybridized carbons (Fsp3) is 0.212. The van der Waals surface area contributed by atoms with E-state index in [4.69, 9.17) is 30.5 Å². The van der Waals surface area contributed by atoms with E-state index in [1.54, 1.807) is 12.1 Å². The Morgan fingerprint density at radius 2 is 1.39 bits per heavy atom. The van der Waals surface area contributed by atoms with E-state index < -0.39 is 0 Å². The monoisotopic (exact) mass is 572 g/mol. The zero-order valence-corrected chi connectivity index (χ0v) is 23.9. The van der Waals surface area contributed by atoms with Gasteiger partial charge in [-0.05, 0) is 60.4 Å². The lowest BCUT2D eigenvalue weighted by Gasteiger charge is -2.16. The lowest BCUT2D eigenvalue weighted by Crippen LogP contribution is -2.19. The number of ether oxygens (including phenoxy) is 4. The smallest absolute Gasteiger partial charge is 0.244 e. The molecule has 0 spiro atoms. The van der Waals surface area contributed by atoms with Gasteiger partial charge in [-0.15, -0.1) is 0 Å². The summed E-state index contributed by atoms with van der Waals surface area (Å²) in [7, 11) is 0. The Kier molecular flexibility index (Phi) is 11.0. The molecule has 41 heavy (non-hydrogen) atoms. The van der Waals surface area contributed by atoms with Gasteiger partial charge in [-0.3, -0.25) is 4.79 Å². The first kappa shape index (κ1) is 29.5. The number of carbonyl (C=O) groups is 1. The highest BCUT2D eigenvalue weighted by Crippen LogP contribution is 2.37. The first-order chi connectivity index (χ1) is 20.1. The van der Waals surface area contributed by atoms with Crippen molar-refractivity contribution in [2.24, 2.45) is 5.10 Å². The summed E-state index contributed by atoms with van der Waals surface area (Å²) < 4.78 is 23.8. The molecular weight excluding hydrogens is 540 g/mol. The predicted molar refractivity (Wildman–Crippen MR) is 161 cm³/mol. The van der Waals surface area contributed by atoms with Gasteiger partial charge in [-0.1, -0.05) is 78.3 Å². The summed E-state index contributed by atoms with van der Waals surface area (Å²) in [6.45, 7) is 5.41. The molecule has 0 atom stereocenters. The average molecular weight is 573 g/mol. The molecule has 0 radical (unpaired) electrons. The molecule has 8 heteroatoms. The second-order valence-electron chi connectivity index (χ2n) is 9.00. The van der Waals surface area contributed by atoms with Crippen LogP contribution in [0.4, 0.5) is 0 Å². The number of benzene rings is 4. The number of carbonyl (C=O) groups excluding carboxylic acids is 1. The van der Waals surface area contributed by atoms with E-state index in [1.165, 1.54) is 6.21 Å². The van der Waals surface area contributed by atoms with Crippen molar-refractivity contribution in [3.05, 3.63) is 118 Å². The molecule has 0 unspecified atom stereocenters. The minimum Gasteiger partial charge on any atom is -0.490 e. The molecule has 7 nitrogen and oxygen atoms in total. The second kappa shape index (κ2) is 15.3. The molecule has 0 aliphatic heterocycles. The highest BCUT2D eigenvalue weighted by molar-refractivity contribution is 6.32. The zero-order chi connectivity index (χ0) is 28.9. The van der Waals surface area contributed by atoms with Crippen LogP contribution in [0.15, 0.2) is 96.1 Å². The molecule has 4 rings (SSSR count). The number of halogens is 1. The van der Waals surface area contributed by atoms with Crippen LogP contribution in [0.1, 0.15) is 36.1 Å². The molecule has 0 aliphatic carbocycles. The van der Waals surface area contributed by atoms with Gasteiger partial charge in [0.15, 0.2) is 23.0 Å². The number of nitrogens with one attached hydrogen (secondary N) is 1. The Hall–Kier alpha value is -4.49. The van der Waals surface area contributed by atoms with Crippen LogP contribution in [0.2, 0.25) is 5.02 Å². The van der Waals surface area contributed by atoms with Gasteiger partial charge in [0.2, 0.25) is 5.91 Å². The lowest BCUT2D eigenvalue weighted by atomic mass is 10.1. The number of rotatable bonds is 14. The number of hydrazone groups is 1. The molecule has 0 heterocycles. The molecule has 0 aromatic heterocycles. The summed E-state index contributed by atoms with van der Waals surface area (Å²) in [6, 6.07) is 28.6. The SMILES string of the molecule is CCOc1cc(COc2c(Cl)cc(/C=N/NC(=O)Cc3ccccc3)cc2OCC)ccc1OCc1ccccc1. The van der Waals surface area contributed by atoms with Crippen molar-refractivity contribution in [3.8, 4) is 23.0 Å². The molecule has 4 aromatic rings. The molecule has 0 saturated heterocycles. The summed E-state index contributed by atoms with van der Waals surface area (Å²) in [5.41, 5.74) is 6.06. The van der Waals surface area contributed by atoms with E-state index in [9.17, 15) is 4.79 Å². The van der Waals surface area contributed by atoms with Crippen molar-refractivity contribution in [1.82, 2.24) is 5.43 Å². The molecule has 0 saturated carbocycles. The van der Waals surface area contributed by atoms with E-state index in [1.807, 2.05) is 92.7 Å². The third-order valence-electron chi connectivity index (χ3n) is 5.87. The fourth-order valence-electron chi connectivity index (χ4n) is 3.99. The second-order valence-corrected chi connectivity index (χ2v) is 9.40. The lowest BCUT2D eigenvalue weighted by molar-refractivity contribution is -0.120. The van der Waals surface area contributed by atoms with Crippen LogP contribution >= 0.6 is 11.6 Å². The quantitative estimate of drug-likeness (QED) is 0.130. The minimum atomic E-state index is -0.216. The van der Waals surface area contributed by atoms with Gasteiger partial charge in [0.25, 0.3) is 0 Å². The Morgan fingerprint density at radius 1 is 0.732 bits per heavy atom. The van der Waals surface area contributed by atoms with Gasteiger partial charge in [0, 0.05) is 0 Å². The molecule has 0 aliphatic rings. The Labute approximate surface area is 245 Å². The van der Waals surface area contributed by atoms with Gasteiger partial charge >= 0.3 is 0 Å². The van der Waals surface area contributed by atoms with Crippen LogP contribution in [-0.4, -0.2) is 25.3 Å². The van der Waals surface area contributed by atoms with E-state index in [0.29, 0.717) is 53.4 Å². The minimum absolute atomic E-state index is 0.216. The molecule has 1 N–H and O–H groups in total. The van der Waals surface area contributed by atoms with Crippen molar-refractivity contribution in [3.63, 3.8) is 0 Å². The van der Waals surface area contributed by atoms with Crippen LogP contribution in [0.5, 0.6) is 23.0 Å². The predicted octanol–water partition coefficient (Wildman–Crippen LogP) is 6.99. The Balaban J connectivity index is 1.41. The number of nitrogens with zero attached hydrogens (tertiary/aromatic N) is 1. The van der Waals surface area contributed by atoms with Crippen LogP contribution in [0.3, 0.4) is 0 Å². The van der Waals surface area contributed by atoms with E-state index in [0.717, 1.165) is 16.7 Å². The largest absolute Gasteiger partial charge is 0.490 e. The van der Waals surface area contributed by atoms with Gasteiger partial charge in [0.1, 0.15) is 13.2 Å². The van der Waals surface area contributed by atoms with Crippen LogP contribution in [-0.2, 0) is 24.4 Å². The summed E-state index contributed by atoms with van der Waals surface area (Å²) in [5.74, 6) is 1.98. The van der Waals surface area contributed by atoms with Crippen molar-refractivity contribution in [2.45, 2.75) is 33.5 Å². The van der Waals surface area contributed by atoms with Crippen LogP contribution < -0.4 is 24.4 Å². The van der Waals surface area contributed by atoms with Gasteiger partial charge in [-0.2, -0.15) is 5.10 Å². The summed E-state index contributed by atoms with van der Waals surface area (Å²) in [6.07, 6.45) is 1.75. The molecule has 0 fully saturated rings. The standard InChI is InChI=1S/C33H33ClN2O5/c1-3-38-30-18-26(15-16-29(30)40-22-25-13-9-6-10-14-25)23-41-33-28(34)17-27(19-31(33)39-4-2)21-35-36-32(37)20-24-11-7-5-8-12-24/h5-19,21H,3-4,20,22-23H2,1-2H3,(H,36,37)/b35-21+. The average Bonchev–Trinajstić information content (AvgIpc) is 2.98. The zero-order valence-electron chi connectivity index (χ0n) is 23.1. The highest BCUT2D eigenvalue weighted by Gasteiger charge is 2.14. The summed E-state index contributed by atoms with van der Waals surface area (Å²) >= 11 is 6.59. The first-order valence-electron chi connectivity index (χ1n) is 13.4. The van der Waals surface area contributed by atoms with E-state index in [-0.39, 0.29) is 18.9 Å². The molecule has 1 amide bonds. The van der Waals surface area contributed by atoms with Crippen LogP contribution in [0, 0.1) is 0 Å². The molecular formula is C33H33ClN2O5. The van der Waals surface area contributed by atoms with Crippen LogP contribution in [0.25, 0.3) is 0 Å².